The van der Waals surface area contributed by atoms with Crippen LogP contribution in [0.25, 0.3) is 10.8 Å². The van der Waals surface area contributed by atoms with Gasteiger partial charge in [-0.3, -0.25) is 9.35 Å². The Hall–Kier alpha value is -5.86. The van der Waals surface area contributed by atoms with E-state index in [1.165, 1.54) is 18.2 Å². The molecular weight excluding hydrogens is 584 g/mol. The fourth-order valence-corrected chi connectivity index (χ4v) is 4.59. The normalized spacial score (nSPS) is 12.0. The molecule has 0 atom stereocenters. The molecule has 5 rings (SSSR count). The lowest BCUT2D eigenvalue weighted by molar-refractivity contribution is -0.120. The van der Waals surface area contributed by atoms with Crippen LogP contribution in [0, 0.1) is 6.92 Å². The van der Waals surface area contributed by atoms with E-state index in [9.17, 15) is 17.8 Å². The number of carbonyl (C=O) groups excluding carboxylic acids is 1. The van der Waals surface area contributed by atoms with Crippen LogP contribution in [0.15, 0.2) is 127 Å². The Labute approximate surface area is 251 Å². The average Bonchev–Trinajstić information content (AvgIpc) is 2.99. The Morgan fingerprint density at radius 1 is 0.659 bits per heavy atom. The van der Waals surface area contributed by atoms with E-state index in [2.05, 4.69) is 30.7 Å². The third kappa shape index (κ3) is 6.95. The van der Waals surface area contributed by atoms with Crippen molar-refractivity contribution in [1.82, 2.24) is 0 Å². The molecule has 0 saturated heterocycles. The number of nitrogen functional groups attached to an aromatic ring is 2. The van der Waals surface area contributed by atoms with Gasteiger partial charge in [0.25, 0.3) is 16.6 Å². The maximum Gasteiger partial charge on any atom is 0.298 e. The maximum atomic E-state index is 11.9. The van der Waals surface area contributed by atoms with Crippen molar-refractivity contribution in [2.24, 2.45) is 30.7 Å². The molecule has 220 valence electrons. The van der Waals surface area contributed by atoms with Gasteiger partial charge in [0.15, 0.2) is 0 Å². The SMILES string of the molecule is Cc1cc(N=Nc2ccc(N=Nc3ccc(N)cc3N)c3ccc(S(=O)(=O)O)cc23)ccc1N=Nc1ccc(OC=O)cc1. The Balaban J connectivity index is 1.44. The lowest BCUT2D eigenvalue weighted by Gasteiger charge is -2.07. The highest BCUT2D eigenvalue weighted by molar-refractivity contribution is 7.85. The molecule has 0 aliphatic carbocycles. The van der Waals surface area contributed by atoms with Crippen molar-refractivity contribution >= 4 is 72.9 Å². The number of rotatable bonds is 9. The second-order valence-corrected chi connectivity index (χ2v) is 10.8. The van der Waals surface area contributed by atoms with Gasteiger partial charge in [-0.15, -0.1) is 15.3 Å². The Morgan fingerprint density at radius 3 is 1.93 bits per heavy atom. The van der Waals surface area contributed by atoms with E-state index in [1.54, 1.807) is 72.8 Å². The van der Waals surface area contributed by atoms with Crippen LogP contribution >= 0.6 is 0 Å². The zero-order chi connectivity index (χ0) is 31.3. The van der Waals surface area contributed by atoms with Gasteiger partial charge in [0.1, 0.15) is 11.4 Å². The molecule has 0 aliphatic heterocycles. The first kappa shape index (κ1) is 29.6. The summed E-state index contributed by atoms with van der Waals surface area (Å²) in [7, 11) is -4.49. The molecule has 0 fully saturated rings. The first-order valence-corrected chi connectivity index (χ1v) is 14.3. The Bertz CT molecular complexity index is 2080. The zero-order valence-electron chi connectivity index (χ0n) is 23.1. The highest BCUT2D eigenvalue weighted by Crippen LogP contribution is 2.37. The molecule has 0 heterocycles. The lowest BCUT2D eigenvalue weighted by atomic mass is 10.1. The van der Waals surface area contributed by atoms with Crippen molar-refractivity contribution in [1.29, 1.82) is 0 Å². The number of fused-ring (bicyclic) bond motifs is 1. The minimum atomic E-state index is -4.49. The summed E-state index contributed by atoms with van der Waals surface area (Å²) >= 11 is 0. The van der Waals surface area contributed by atoms with E-state index in [4.69, 9.17) is 16.2 Å². The molecule has 0 aliphatic rings. The van der Waals surface area contributed by atoms with Gasteiger partial charge in [-0.2, -0.15) is 23.8 Å². The van der Waals surface area contributed by atoms with Gasteiger partial charge < -0.3 is 16.2 Å². The number of aryl methyl sites for hydroxylation is 1. The Kier molecular flexibility index (Phi) is 8.46. The predicted octanol–water partition coefficient (Wildman–Crippen LogP) is 8.34. The van der Waals surface area contributed by atoms with Crippen molar-refractivity contribution in [2.45, 2.75) is 11.8 Å². The predicted molar refractivity (Wildman–Crippen MR) is 166 cm³/mol. The van der Waals surface area contributed by atoms with Crippen molar-refractivity contribution in [3.63, 3.8) is 0 Å². The number of ether oxygens (including phenoxy) is 1. The molecule has 14 heteroatoms. The molecule has 0 bridgehead atoms. The monoisotopic (exact) mass is 608 g/mol. The second kappa shape index (κ2) is 12.6. The van der Waals surface area contributed by atoms with Gasteiger partial charge in [-0.1, -0.05) is 6.07 Å². The molecule has 0 unspecified atom stereocenters. The van der Waals surface area contributed by atoms with E-state index in [0.29, 0.717) is 68.5 Å². The fraction of sp³-hybridized carbons (Fsp3) is 0.0333. The minimum Gasteiger partial charge on any atom is -0.429 e. The molecule has 0 spiro atoms. The standard InChI is InChI=1S/C30H24N8O5S/c1-18-14-21(5-11-27(18)35-33-20-3-6-22(7-4-20)43-17-39)34-36-29-13-12-28(37-38-30-10-2-19(31)15-26(30)32)24-9-8-23(16-25(24)29)44(40,41)42/h2-17H,31-32H2,1H3,(H,40,41,42). The van der Waals surface area contributed by atoms with E-state index in [1.807, 2.05) is 6.92 Å². The number of nitrogens with zero attached hydrogens (tertiary/aromatic N) is 6. The number of anilines is 2. The van der Waals surface area contributed by atoms with Crippen LogP contribution in [0.2, 0.25) is 0 Å². The molecule has 0 saturated carbocycles. The van der Waals surface area contributed by atoms with Gasteiger partial charge in [-0.25, -0.2) is 0 Å². The van der Waals surface area contributed by atoms with Crippen LogP contribution in [0.4, 0.5) is 45.5 Å². The van der Waals surface area contributed by atoms with Gasteiger partial charge in [0.2, 0.25) is 0 Å². The Morgan fingerprint density at radius 2 is 1.25 bits per heavy atom. The zero-order valence-corrected chi connectivity index (χ0v) is 23.9. The van der Waals surface area contributed by atoms with Crippen LogP contribution in [-0.2, 0) is 14.9 Å². The van der Waals surface area contributed by atoms with Crippen molar-refractivity contribution < 1.29 is 22.5 Å². The van der Waals surface area contributed by atoms with Crippen LogP contribution in [0.3, 0.4) is 0 Å². The van der Waals surface area contributed by atoms with Crippen LogP contribution < -0.4 is 16.2 Å². The topological polar surface area (TPSA) is 207 Å². The average molecular weight is 609 g/mol. The molecule has 5 aromatic carbocycles. The van der Waals surface area contributed by atoms with E-state index < -0.39 is 10.1 Å². The number of carbonyl (C=O) groups is 1. The van der Waals surface area contributed by atoms with Gasteiger partial charge >= 0.3 is 0 Å². The number of hydrogen-bond acceptors (Lipinski definition) is 12. The number of benzene rings is 5. The van der Waals surface area contributed by atoms with E-state index in [-0.39, 0.29) is 4.90 Å². The first-order valence-electron chi connectivity index (χ1n) is 12.9. The maximum absolute atomic E-state index is 11.9. The number of azo groups is 3. The van der Waals surface area contributed by atoms with Gasteiger partial charge in [0.05, 0.1) is 39.0 Å². The highest BCUT2D eigenvalue weighted by Gasteiger charge is 2.14. The fourth-order valence-electron chi connectivity index (χ4n) is 4.09. The molecule has 0 radical (unpaired) electrons. The van der Waals surface area contributed by atoms with Crippen molar-refractivity contribution in [3.8, 4) is 5.75 Å². The molecule has 0 amide bonds. The first-order chi connectivity index (χ1) is 21.1. The van der Waals surface area contributed by atoms with Crippen molar-refractivity contribution in [2.75, 3.05) is 11.5 Å². The lowest BCUT2D eigenvalue weighted by Crippen LogP contribution is -1.97. The third-order valence-corrected chi connectivity index (χ3v) is 7.15. The van der Waals surface area contributed by atoms with Crippen LogP contribution in [0.1, 0.15) is 5.56 Å². The van der Waals surface area contributed by atoms with Crippen LogP contribution in [0.5, 0.6) is 5.75 Å². The summed E-state index contributed by atoms with van der Waals surface area (Å²) in [5.74, 6) is 0.397. The highest BCUT2D eigenvalue weighted by atomic mass is 32.2. The summed E-state index contributed by atoms with van der Waals surface area (Å²) in [5, 5.41) is 26.6. The molecule has 0 aromatic heterocycles. The molecule has 44 heavy (non-hydrogen) atoms. The van der Waals surface area contributed by atoms with Crippen LogP contribution in [-0.4, -0.2) is 19.4 Å². The summed E-state index contributed by atoms with van der Waals surface area (Å²) in [6.07, 6.45) is 0. The van der Waals surface area contributed by atoms with E-state index in [0.717, 1.165) is 5.56 Å². The minimum absolute atomic E-state index is 0.310. The summed E-state index contributed by atoms with van der Waals surface area (Å²) in [4.78, 5) is 10.1. The summed E-state index contributed by atoms with van der Waals surface area (Å²) in [5.41, 5.74) is 16.2. The molecule has 5 aromatic rings. The summed E-state index contributed by atoms with van der Waals surface area (Å²) < 4.78 is 38.2. The summed E-state index contributed by atoms with van der Waals surface area (Å²) in [6.45, 7) is 2.19. The number of hydrogen-bond donors (Lipinski definition) is 3. The molecule has 5 N–H and O–H groups in total. The van der Waals surface area contributed by atoms with E-state index >= 15 is 0 Å². The van der Waals surface area contributed by atoms with Gasteiger partial charge in [-0.05, 0) is 97.4 Å². The number of nitrogens with two attached hydrogens (primary N) is 2. The smallest absolute Gasteiger partial charge is 0.298 e. The van der Waals surface area contributed by atoms with Crippen molar-refractivity contribution in [3.05, 3.63) is 96.6 Å². The van der Waals surface area contributed by atoms with Gasteiger partial charge in [0, 0.05) is 16.5 Å². The molecule has 13 nitrogen and oxygen atoms in total. The molecular formula is C30H24N8O5S. The second-order valence-electron chi connectivity index (χ2n) is 9.38. The largest absolute Gasteiger partial charge is 0.429 e. The summed E-state index contributed by atoms with van der Waals surface area (Å²) in [6, 6.07) is 23.9. The third-order valence-electron chi connectivity index (χ3n) is 6.30. The quantitative estimate of drug-likeness (QED) is 0.0644.